The van der Waals surface area contributed by atoms with Crippen LogP contribution < -0.4 is 5.73 Å². The van der Waals surface area contributed by atoms with Gasteiger partial charge in [0.1, 0.15) is 5.01 Å². The van der Waals surface area contributed by atoms with Crippen LogP contribution in [0.15, 0.2) is 47.2 Å². The van der Waals surface area contributed by atoms with E-state index in [9.17, 15) is 0 Å². The lowest BCUT2D eigenvalue weighted by molar-refractivity contribution is 1.07. The average Bonchev–Trinajstić information content (AvgIpc) is 3.09. The molecule has 3 rings (SSSR count). The molecule has 0 amide bonds. The van der Waals surface area contributed by atoms with Crippen LogP contribution >= 0.6 is 22.7 Å². The fourth-order valence-electron chi connectivity index (χ4n) is 1.73. The highest BCUT2D eigenvalue weighted by Crippen LogP contribution is 2.31. The average molecular weight is 272 g/mol. The summed E-state index contributed by atoms with van der Waals surface area (Å²) in [6.45, 7) is 0.582. The van der Waals surface area contributed by atoms with Crippen LogP contribution in [-0.2, 0) is 6.54 Å². The molecule has 2 nitrogen and oxygen atoms in total. The molecule has 0 atom stereocenters. The molecule has 2 heterocycles. The van der Waals surface area contributed by atoms with Crippen molar-refractivity contribution in [2.24, 2.45) is 5.73 Å². The Morgan fingerprint density at radius 3 is 2.56 bits per heavy atom. The van der Waals surface area contributed by atoms with Crippen molar-refractivity contribution in [1.82, 2.24) is 4.98 Å². The van der Waals surface area contributed by atoms with Crippen molar-refractivity contribution in [3.63, 3.8) is 0 Å². The van der Waals surface area contributed by atoms with Crippen molar-refractivity contribution < 1.29 is 0 Å². The number of aromatic nitrogens is 1. The largest absolute Gasteiger partial charge is 0.326 e. The normalized spacial score (nSPS) is 10.7. The van der Waals surface area contributed by atoms with Gasteiger partial charge in [0.2, 0.25) is 0 Å². The van der Waals surface area contributed by atoms with Gasteiger partial charge in [-0.2, -0.15) is 0 Å². The monoisotopic (exact) mass is 272 g/mol. The summed E-state index contributed by atoms with van der Waals surface area (Å²) in [5.74, 6) is 0. The van der Waals surface area contributed by atoms with Crippen LogP contribution in [0, 0.1) is 0 Å². The number of thiophene rings is 1. The second kappa shape index (κ2) is 5.02. The van der Waals surface area contributed by atoms with E-state index in [1.165, 1.54) is 4.88 Å². The predicted molar refractivity (Wildman–Crippen MR) is 78.8 cm³/mol. The Balaban J connectivity index is 1.92. The third kappa shape index (κ3) is 2.22. The van der Waals surface area contributed by atoms with Crippen molar-refractivity contribution in [2.45, 2.75) is 6.54 Å². The van der Waals surface area contributed by atoms with Gasteiger partial charge in [-0.1, -0.05) is 30.3 Å². The molecule has 0 aliphatic heterocycles. The fraction of sp³-hybridized carbons (Fsp3) is 0.0714. The molecule has 0 unspecified atom stereocenters. The molecule has 0 radical (unpaired) electrons. The van der Waals surface area contributed by atoms with Gasteiger partial charge in [-0.05, 0) is 17.0 Å². The molecule has 0 aliphatic rings. The van der Waals surface area contributed by atoms with Crippen molar-refractivity contribution in [3.8, 4) is 21.1 Å². The van der Waals surface area contributed by atoms with E-state index in [-0.39, 0.29) is 0 Å². The minimum Gasteiger partial charge on any atom is -0.326 e. The molecule has 0 saturated carbocycles. The molecule has 0 fully saturated rings. The van der Waals surface area contributed by atoms with Gasteiger partial charge < -0.3 is 5.73 Å². The van der Waals surface area contributed by atoms with Crippen LogP contribution in [0.3, 0.4) is 0 Å². The van der Waals surface area contributed by atoms with Gasteiger partial charge in [-0.25, -0.2) is 4.98 Å². The maximum atomic E-state index is 5.60. The Kier molecular flexibility index (Phi) is 3.23. The molecule has 0 spiro atoms. The number of hydrogen-bond acceptors (Lipinski definition) is 4. The maximum Gasteiger partial charge on any atom is 0.124 e. The Morgan fingerprint density at radius 1 is 1.06 bits per heavy atom. The Hall–Kier alpha value is -1.49. The van der Waals surface area contributed by atoms with E-state index < -0.39 is 0 Å². The van der Waals surface area contributed by atoms with Crippen molar-refractivity contribution in [3.05, 3.63) is 52.7 Å². The quantitative estimate of drug-likeness (QED) is 0.782. The summed E-state index contributed by atoms with van der Waals surface area (Å²) in [7, 11) is 0. The lowest BCUT2D eigenvalue weighted by Crippen LogP contribution is -1.95. The highest BCUT2D eigenvalue weighted by atomic mass is 32.1. The Bertz CT molecular complexity index is 624. The van der Waals surface area contributed by atoms with Crippen LogP contribution in [0.5, 0.6) is 0 Å². The zero-order valence-corrected chi connectivity index (χ0v) is 11.3. The van der Waals surface area contributed by atoms with E-state index in [0.29, 0.717) is 6.54 Å². The summed E-state index contributed by atoms with van der Waals surface area (Å²) in [5.41, 5.74) is 8.96. The van der Waals surface area contributed by atoms with Crippen molar-refractivity contribution in [1.29, 1.82) is 0 Å². The first-order chi connectivity index (χ1) is 8.86. The number of nitrogens with zero attached hydrogens (tertiary/aromatic N) is 1. The fourth-order valence-corrected chi connectivity index (χ4v) is 3.31. The highest BCUT2D eigenvalue weighted by Gasteiger charge is 2.07. The predicted octanol–water partition coefficient (Wildman–Crippen LogP) is 4.00. The van der Waals surface area contributed by atoms with E-state index >= 15 is 0 Å². The maximum absolute atomic E-state index is 5.60. The second-order valence-electron chi connectivity index (χ2n) is 3.92. The molecule has 3 aromatic rings. The van der Waals surface area contributed by atoms with E-state index in [1.54, 1.807) is 22.7 Å². The van der Waals surface area contributed by atoms with Gasteiger partial charge in [0.05, 0.1) is 10.6 Å². The summed E-state index contributed by atoms with van der Waals surface area (Å²) in [4.78, 5) is 5.89. The molecule has 0 aliphatic carbocycles. The van der Waals surface area contributed by atoms with Gasteiger partial charge in [-0.3, -0.25) is 0 Å². The molecule has 90 valence electrons. The van der Waals surface area contributed by atoms with Gasteiger partial charge in [0.15, 0.2) is 0 Å². The molecule has 2 N–H and O–H groups in total. The van der Waals surface area contributed by atoms with Crippen molar-refractivity contribution in [2.75, 3.05) is 0 Å². The second-order valence-corrected chi connectivity index (χ2v) is 5.72. The zero-order chi connectivity index (χ0) is 12.4. The molecular weight excluding hydrogens is 260 g/mol. The van der Waals surface area contributed by atoms with Gasteiger partial charge >= 0.3 is 0 Å². The molecule has 0 saturated heterocycles. The number of benzene rings is 1. The Labute approximate surface area is 114 Å². The summed E-state index contributed by atoms with van der Waals surface area (Å²) in [5, 5.41) is 5.24. The number of hydrogen-bond donors (Lipinski definition) is 1. The first-order valence-electron chi connectivity index (χ1n) is 5.65. The molecule has 1 aromatic carbocycles. The standard InChI is InChI=1S/C14H12N2S2/c15-8-10-3-5-11(6-4-10)14-16-12(9-18-14)13-2-1-7-17-13/h1-7,9H,8,15H2. The third-order valence-electron chi connectivity index (χ3n) is 2.71. The molecule has 18 heavy (non-hydrogen) atoms. The summed E-state index contributed by atoms with van der Waals surface area (Å²) >= 11 is 3.40. The third-order valence-corrected chi connectivity index (χ3v) is 4.50. The SMILES string of the molecule is NCc1ccc(-c2nc(-c3cccs3)cs2)cc1. The highest BCUT2D eigenvalue weighted by molar-refractivity contribution is 7.15. The Morgan fingerprint density at radius 2 is 1.89 bits per heavy atom. The van der Waals surface area contributed by atoms with Crippen LogP contribution in [-0.4, -0.2) is 4.98 Å². The van der Waals surface area contributed by atoms with E-state index in [4.69, 9.17) is 5.73 Å². The van der Waals surface area contributed by atoms with Crippen molar-refractivity contribution >= 4 is 22.7 Å². The first-order valence-corrected chi connectivity index (χ1v) is 7.41. The smallest absolute Gasteiger partial charge is 0.124 e. The van der Waals surface area contributed by atoms with E-state index in [1.807, 2.05) is 0 Å². The van der Waals surface area contributed by atoms with Crippen LogP contribution in [0.2, 0.25) is 0 Å². The molecular formula is C14H12N2S2. The minimum absolute atomic E-state index is 0.582. The molecule has 2 aromatic heterocycles. The molecule has 0 bridgehead atoms. The van der Waals surface area contributed by atoms with Gasteiger partial charge in [0, 0.05) is 17.5 Å². The van der Waals surface area contributed by atoms with E-state index in [2.05, 4.69) is 52.1 Å². The summed E-state index contributed by atoms with van der Waals surface area (Å²) in [6, 6.07) is 12.4. The number of nitrogens with two attached hydrogens (primary N) is 1. The van der Waals surface area contributed by atoms with Crippen LogP contribution in [0.25, 0.3) is 21.1 Å². The lowest BCUT2D eigenvalue weighted by atomic mass is 10.1. The zero-order valence-electron chi connectivity index (χ0n) is 9.67. The summed E-state index contributed by atoms with van der Waals surface area (Å²) in [6.07, 6.45) is 0. The number of thiazole rings is 1. The lowest BCUT2D eigenvalue weighted by Gasteiger charge is -1.98. The van der Waals surface area contributed by atoms with Crippen LogP contribution in [0.4, 0.5) is 0 Å². The molecule has 4 heteroatoms. The topological polar surface area (TPSA) is 38.9 Å². The van der Waals surface area contributed by atoms with Crippen LogP contribution in [0.1, 0.15) is 5.56 Å². The van der Waals surface area contributed by atoms with Gasteiger partial charge in [0.25, 0.3) is 0 Å². The minimum atomic E-state index is 0.582. The first kappa shape index (κ1) is 11.6. The van der Waals surface area contributed by atoms with E-state index in [0.717, 1.165) is 21.8 Å². The number of rotatable bonds is 3. The van der Waals surface area contributed by atoms with Gasteiger partial charge in [-0.15, -0.1) is 22.7 Å². The summed E-state index contributed by atoms with van der Waals surface area (Å²) < 4.78 is 0.